The van der Waals surface area contributed by atoms with Gasteiger partial charge in [0.25, 0.3) is 0 Å². The topological polar surface area (TPSA) is 69.7 Å². The number of fused-ring (bicyclic) bond motifs is 1. The van der Waals surface area contributed by atoms with Gasteiger partial charge in [-0.25, -0.2) is 0 Å². The van der Waals surface area contributed by atoms with Crippen LogP contribution in [0.3, 0.4) is 0 Å². The van der Waals surface area contributed by atoms with E-state index < -0.39 is 29.7 Å². The number of carbonyl (C=O) groups is 3. The number of hydrogen-bond donors (Lipinski definition) is 0. The summed E-state index contributed by atoms with van der Waals surface area (Å²) < 4.78 is 11.3. The quantitative estimate of drug-likeness (QED) is 0.283. The molecule has 0 saturated heterocycles. The van der Waals surface area contributed by atoms with Crippen molar-refractivity contribution in [2.75, 3.05) is 6.61 Å². The van der Waals surface area contributed by atoms with Crippen LogP contribution in [0.1, 0.15) is 42.1 Å². The summed E-state index contributed by atoms with van der Waals surface area (Å²) in [7, 11) is 0. The molecule has 0 amide bonds. The van der Waals surface area contributed by atoms with E-state index >= 15 is 0 Å². The van der Waals surface area contributed by atoms with Crippen molar-refractivity contribution in [2.24, 2.45) is 11.8 Å². The number of hydrogen-bond acceptors (Lipinski definition) is 5. The average molecular weight is 445 g/mol. The molecule has 1 aliphatic heterocycles. The zero-order chi connectivity index (χ0) is 20.3. The summed E-state index contributed by atoms with van der Waals surface area (Å²) in [5.74, 6) is -3.50. The van der Waals surface area contributed by atoms with Gasteiger partial charge in [0.1, 0.15) is 5.75 Å². The summed E-state index contributed by atoms with van der Waals surface area (Å²) in [6.45, 7) is 3.70. The van der Waals surface area contributed by atoms with Gasteiger partial charge in [-0.3, -0.25) is 14.4 Å². The molecule has 1 heterocycles. The molecular formula is C22H21BrO5. The Kier molecular flexibility index (Phi) is 6.29. The van der Waals surface area contributed by atoms with Crippen molar-refractivity contribution in [3.63, 3.8) is 0 Å². The van der Waals surface area contributed by atoms with Crippen molar-refractivity contribution in [2.45, 2.75) is 26.2 Å². The highest BCUT2D eigenvalue weighted by atomic mass is 79.9. The van der Waals surface area contributed by atoms with Gasteiger partial charge in [-0.2, -0.15) is 0 Å². The van der Waals surface area contributed by atoms with Crippen molar-refractivity contribution in [1.29, 1.82) is 0 Å². The molecule has 6 heteroatoms. The van der Waals surface area contributed by atoms with Crippen LogP contribution < -0.4 is 4.74 Å². The molecule has 0 saturated carbocycles. The van der Waals surface area contributed by atoms with E-state index in [-0.39, 0.29) is 12.4 Å². The van der Waals surface area contributed by atoms with Gasteiger partial charge >= 0.3 is 11.9 Å². The third kappa shape index (κ3) is 3.87. The first-order valence-corrected chi connectivity index (χ1v) is 10.0. The fraction of sp³-hybridized carbons (Fsp3) is 0.318. The molecule has 2 aromatic carbocycles. The minimum atomic E-state index is -1.18. The van der Waals surface area contributed by atoms with E-state index in [1.807, 2.05) is 13.0 Å². The number of rotatable bonds is 6. The summed E-state index contributed by atoms with van der Waals surface area (Å²) in [5.41, 5.74) is 1.20. The monoisotopic (exact) mass is 444 g/mol. The predicted molar refractivity (Wildman–Crippen MR) is 107 cm³/mol. The van der Waals surface area contributed by atoms with Gasteiger partial charge < -0.3 is 9.47 Å². The lowest BCUT2D eigenvalue weighted by atomic mass is 9.71. The molecule has 146 valence electrons. The first kappa shape index (κ1) is 20.3. The molecule has 5 nitrogen and oxygen atoms in total. The first-order chi connectivity index (χ1) is 13.5. The standard InChI is InChI=1S/C22H21BrO5/c1-3-15(20(24)13-8-6-5-7-9-13)18-16-12-14(23)10-11-17(16)28-22(26)19(18)21(25)27-4-2/h5-12,15,18-19H,3-4H2,1-2H3/t15-,18-,19+/m0/s1. The Balaban J connectivity index is 2.13. The molecule has 3 rings (SSSR count). The number of Topliss-reactive ketones (excluding diaryl/α,β-unsaturated/α-hetero) is 1. The van der Waals surface area contributed by atoms with Crippen molar-refractivity contribution in [1.82, 2.24) is 0 Å². The molecule has 1 aliphatic rings. The fourth-order valence-electron chi connectivity index (χ4n) is 3.71. The molecule has 3 atom stereocenters. The third-order valence-corrected chi connectivity index (χ3v) is 5.46. The van der Waals surface area contributed by atoms with Gasteiger partial charge in [0, 0.05) is 27.4 Å². The Morgan fingerprint density at radius 2 is 1.86 bits per heavy atom. The van der Waals surface area contributed by atoms with Crippen LogP contribution in [0.4, 0.5) is 0 Å². The molecule has 0 unspecified atom stereocenters. The molecule has 0 fully saturated rings. The summed E-state index contributed by atoms with van der Waals surface area (Å²) in [6.07, 6.45) is 0.466. The summed E-state index contributed by atoms with van der Waals surface area (Å²) in [6, 6.07) is 14.1. The lowest BCUT2D eigenvalue weighted by molar-refractivity contribution is -0.160. The molecule has 28 heavy (non-hydrogen) atoms. The van der Waals surface area contributed by atoms with E-state index in [9.17, 15) is 14.4 Å². The van der Waals surface area contributed by atoms with Crippen LogP contribution in [-0.2, 0) is 14.3 Å². The summed E-state index contributed by atoms with van der Waals surface area (Å²) in [4.78, 5) is 38.6. The van der Waals surface area contributed by atoms with Crippen molar-refractivity contribution < 1.29 is 23.9 Å². The second-order valence-electron chi connectivity index (χ2n) is 6.60. The van der Waals surface area contributed by atoms with E-state index in [0.717, 1.165) is 4.47 Å². The molecule has 0 N–H and O–H groups in total. The van der Waals surface area contributed by atoms with Gasteiger partial charge in [-0.1, -0.05) is 53.2 Å². The second kappa shape index (κ2) is 8.69. The molecule has 0 aromatic heterocycles. The minimum Gasteiger partial charge on any atom is -0.465 e. The molecular weight excluding hydrogens is 424 g/mol. The van der Waals surface area contributed by atoms with E-state index in [1.165, 1.54) is 0 Å². The maximum Gasteiger partial charge on any atom is 0.326 e. The third-order valence-electron chi connectivity index (χ3n) is 4.96. The number of esters is 2. The number of benzene rings is 2. The maximum atomic E-state index is 13.3. The van der Waals surface area contributed by atoms with E-state index in [4.69, 9.17) is 9.47 Å². The summed E-state index contributed by atoms with van der Waals surface area (Å²) in [5, 5.41) is 0. The van der Waals surface area contributed by atoms with E-state index in [2.05, 4.69) is 15.9 Å². The zero-order valence-electron chi connectivity index (χ0n) is 15.7. The maximum absolute atomic E-state index is 13.3. The Morgan fingerprint density at radius 1 is 1.14 bits per heavy atom. The fourth-order valence-corrected chi connectivity index (χ4v) is 4.09. The van der Waals surface area contributed by atoms with Gasteiger partial charge in [0.2, 0.25) is 0 Å². The van der Waals surface area contributed by atoms with Gasteiger partial charge in [0.15, 0.2) is 11.7 Å². The average Bonchev–Trinajstić information content (AvgIpc) is 2.69. The Bertz CT molecular complexity index is 893. The van der Waals surface area contributed by atoms with Crippen LogP contribution in [-0.4, -0.2) is 24.3 Å². The van der Waals surface area contributed by atoms with Crippen molar-refractivity contribution >= 4 is 33.7 Å². The van der Waals surface area contributed by atoms with Crippen LogP contribution in [0, 0.1) is 11.8 Å². The lowest BCUT2D eigenvalue weighted by Crippen LogP contribution is -2.43. The molecule has 0 bridgehead atoms. The number of carbonyl (C=O) groups excluding carboxylic acids is 3. The highest BCUT2D eigenvalue weighted by Crippen LogP contribution is 2.45. The normalized spacial score (nSPS) is 19.3. The van der Waals surface area contributed by atoms with Gasteiger partial charge in [0.05, 0.1) is 6.61 Å². The highest BCUT2D eigenvalue weighted by Gasteiger charge is 2.48. The first-order valence-electron chi connectivity index (χ1n) is 9.24. The predicted octanol–water partition coefficient (Wildman–Crippen LogP) is 4.54. The van der Waals surface area contributed by atoms with Gasteiger partial charge in [-0.15, -0.1) is 0 Å². The largest absolute Gasteiger partial charge is 0.465 e. The number of ketones is 1. The van der Waals surface area contributed by atoms with Gasteiger partial charge in [-0.05, 0) is 31.5 Å². The molecule has 0 aliphatic carbocycles. The van der Waals surface area contributed by atoms with Crippen molar-refractivity contribution in [3.8, 4) is 5.75 Å². The minimum absolute atomic E-state index is 0.108. The molecule has 0 radical (unpaired) electrons. The Hall–Kier alpha value is -2.47. The highest BCUT2D eigenvalue weighted by molar-refractivity contribution is 9.10. The molecule has 2 aromatic rings. The Labute approximate surface area is 172 Å². The zero-order valence-corrected chi connectivity index (χ0v) is 17.3. The SMILES string of the molecule is CCOC(=O)[C@@H]1C(=O)Oc2ccc(Br)cc2[C@@H]1[C@H](CC)C(=O)c1ccccc1. The smallest absolute Gasteiger partial charge is 0.326 e. The summed E-state index contributed by atoms with van der Waals surface area (Å²) >= 11 is 3.43. The second-order valence-corrected chi connectivity index (χ2v) is 7.52. The number of halogens is 1. The van der Waals surface area contributed by atoms with Crippen molar-refractivity contribution in [3.05, 3.63) is 64.1 Å². The van der Waals surface area contributed by atoms with Crippen LogP contribution in [0.15, 0.2) is 53.0 Å². The molecule has 0 spiro atoms. The van der Waals surface area contributed by atoms with E-state index in [0.29, 0.717) is 23.3 Å². The van der Waals surface area contributed by atoms with Crippen LogP contribution >= 0.6 is 15.9 Å². The Morgan fingerprint density at radius 3 is 2.50 bits per heavy atom. The number of ether oxygens (including phenoxy) is 2. The van der Waals surface area contributed by atoms with Crippen LogP contribution in [0.5, 0.6) is 5.75 Å². The van der Waals surface area contributed by atoms with Crippen LogP contribution in [0.25, 0.3) is 0 Å². The van der Waals surface area contributed by atoms with E-state index in [1.54, 1.807) is 49.4 Å². The van der Waals surface area contributed by atoms with Crippen LogP contribution in [0.2, 0.25) is 0 Å². The lowest BCUT2D eigenvalue weighted by Gasteiger charge is -2.35.